The van der Waals surface area contributed by atoms with Gasteiger partial charge >= 0.3 is 0 Å². The third-order valence-electron chi connectivity index (χ3n) is 4.84. The molecule has 0 bridgehead atoms. The van der Waals surface area contributed by atoms with Crippen LogP contribution in [0.1, 0.15) is 37.7 Å². The van der Waals surface area contributed by atoms with Crippen molar-refractivity contribution in [1.29, 1.82) is 0 Å². The molecule has 0 saturated heterocycles. The van der Waals surface area contributed by atoms with Crippen LogP contribution >= 0.6 is 11.8 Å². The fourth-order valence-corrected chi connectivity index (χ4v) is 3.97. The molecule has 1 heterocycles. The molecule has 32 heavy (non-hydrogen) atoms. The molecule has 0 unspecified atom stereocenters. The first kappa shape index (κ1) is 23.7. The summed E-state index contributed by atoms with van der Waals surface area (Å²) in [5.41, 5.74) is 3.14. The fourth-order valence-electron chi connectivity index (χ4n) is 3.15. The predicted molar refractivity (Wildman–Crippen MR) is 128 cm³/mol. The van der Waals surface area contributed by atoms with Crippen molar-refractivity contribution in [3.05, 3.63) is 59.4 Å². The molecule has 3 rings (SSSR count). The lowest BCUT2D eigenvalue weighted by atomic mass is 10.1. The Hall–Kier alpha value is -3.00. The SMILES string of the molecule is CCOc1cc(C)ccc1OCc1nnc(SCC(=O)Nc2ccc(CC)cc2)n1CC. The minimum absolute atomic E-state index is 0.0799. The summed E-state index contributed by atoms with van der Waals surface area (Å²) in [6.07, 6.45) is 0.972. The Morgan fingerprint density at radius 3 is 2.50 bits per heavy atom. The molecule has 1 N–H and O–H groups in total. The van der Waals surface area contributed by atoms with Gasteiger partial charge in [-0.05, 0) is 62.6 Å². The number of carbonyl (C=O) groups excluding carboxylic acids is 1. The second-order valence-electron chi connectivity index (χ2n) is 7.20. The number of ether oxygens (including phenoxy) is 2. The molecule has 0 aliphatic heterocycles. The zero-order valence-electron chi connectivity index (χ0n) is 19.1. The highest BCUT2D eigenvalue weighted by molar-refractivity contribution is 7.99. The predicted octanol–water partition coefficient (Wildman–Crippen LogP) is 4.88. The van der Waals surface area contributed by atoms with Crippen molar-refractivity contribution in [3.63, 3.8) is 0 Å². The van der Waals surface area contributed by atoms with Crippen LogP contribution in [0, 0.1) is 6.92 Å². The van der Waals surface area contributed by atoms with Crippen LogP contribution in [0.5, 0.6) is 11.5 Å². The molecule has 0 spiro atoms. The number of hydrogen-bond acceptors (Lipinski definition) is 6. The Morgan fingerprint density at radius 1 is 1.03 bits per heavy atom. The number of aryl methyl sites for hydroxylation is 2. The van der Waals surface area contributed by atoms with Crippen LogP contribution in [0.3, 0.4) is 0 Å². The summed E-state index contributed by atoms with van der Waals surface area (Å²) in [7, 11) is 0. The highest BCUT2D eigenvalue weighted by atomic mass is 32.2. The Kier molecular flexibility index (Phi) is 8.56. The highest BCUT2D eigenvalue weighted by Gasteiger charge is 2.15. The first-order valence-corrected chi connectivity index (χ1v) is 11.8. The lowest BCUT2D eigenvalue weighted by Gasteiger charge is -2.13. The van der Waals surface area contributed by atoms with Gasteiger partial charge in [-0.3, -0.25) is 4.79 Å². The highest BCUT2D eigenvalue weighted by Crippen LogP contribution is 2.29. The molecule has 0 saturated carbocycles. The number of hydrogen-bond donors (Lipinski definition) is 1. The Morgan fingerprint density at radius 2 is 1.81 bits per heavy atom. The van der Waals surface area contributed by atoms with Crippen LogP contribution in [0.4, 0.5) is 5.69 Å². The number of carbonyl (C=O) groups is 1. The van der Waals surface area contributed by atoms with E-state index in [4.69, 9.17) is 9.47 Å². The van der Waals surface area contributed by atoms with Crippen LogP contribution in [0.15, 0.2) is 47.6 Å². The molecule has 7 nitrogen and oxygen atoms in total. The van der Waals surface area contributed by atoms with Crippen LogP contribution in [0.25, 0.3) is 0 Å². The number of rotatable bonds is 11. The number of thioether (sulfide) groups is 1. The van der Waals surface area contributed by atoms with Gasteiger partial charge in [0.15, 0.2) is 22.5 Å². The largest absolute Gasteiger partial charge is 0.490 e. The number of anilines is 1. The summed E-state index contributed by atoms with van der Waals surface area (Å²) in [5, 5.41) is 12.1. The van der Waals surface area contributed by atoms with Gasteiger partial charge in [0.2, 0.25) is 5.91 Å². The molecule has 0 fully saturated rings. The lowest BCUT2D eigenvalue weighted by Crippen LogP contribution is -2.15. The Labute approximate surface area is 193 Å². The van der Waals surface area contributed by atoms with Gasteiger partial charge in [0.05, 0.1) is 12.4 Å². The molecule has 0 radical (unpaired) electrons. The van der Waals surface area contributed by atoms with Crippen molar-refractivity contribution >= 4 is 23.4 Å². The van der Waals surface area contributed by atoms with E-state index in [1.807, 2.05) is 67.8 Å². The van der Waals surface area contributed by atoms with Crippen LogP contribution < -0.4 is 14.8 Å². The van der Waals surface area contributed by atoms with E-state index in [0.717, 1.165) is 17.7 Å². The Bertz CT molecular complexity index is 1030. The van der Waals surface area contributed by atoms with E-state index in [2.05, 4.69) is 22.4 Å². The van der Waals surface area contributed by atoms with Crippen molar-refractivity contribution in [2.24, 2.45) is 0 Å². The second kappa shape index (κ2) is 11.6. The first-order valence-electron chi connectivity index (χ1n) is 10.8. The van der Waals surface area contributed by atoms with Gasteiger partial charge < -0.3 is 19.4 Å². The summed E-state index contributed by atoms with van der Waals surface area (Å²) < 4.78 is 13.6. The quantitative estimate of drug-likeness (QED) is 0.416. The molecular formula is C24H30N4O3S. The van der Waals surface area contributed by atoms with Crippen molar-refractivity contribution in [2.45, 2.75) is 52.4 Å². The normalized spacial score (nSPS) is 10.8. The molecule has 0 atom stereocenters. The van der Waals surface area contributed by atoms with E-state index in [1.165, 1.54) is 17.3 Å². The van der Waals surface area contributed by atoms with E-state index in [0.29, 0.717) is 35.6 Å². The molecule has 8 heteroatoms. The molecule has 1 amide bonds. The lowest BCUT2D eigenvalue weighted by molar-refractivity contribution is -0.113. The third-order valence-corrected chi connectivity index (χ3v) is 5.81. The van der Waals surface area contributed by atoms with Crippen molar-refractivity contribution in [3.8, 4) is 11.5 Å². The number of aromatic nitrogens is 3. The monoisotopic (exact) mass is 454 g/mol. The van der Waals surface area contributed by atoms with Gasteiger partial charge in [0.1, 0.15) is 6.61 Å². The minimum Gasteiger partial charge on any atom is -0.490 e. The van der Waals surface area contributed by atoms with Crippen LogP contribution in [-0.2, 0) is 24.4 Å². The van der Waals surface area contributed by atoms with E-state index in [1.54, 1.807) is 0 Å². The zero-order chi connectivity index (χ0) is 22.9. The van der Waals surface area contributed by atoms with Crippen molar-refractivity contribution < 1.29 is 14.3 Å². The first-order chi connectivity index (χ1) is 15.5. The third kappa shape index (κ3) is 6.26. The van der Waals surface area contributed by atoms with Gasteiger partial charge in [-0.15, -0.1) is 10.2 Å². The van der Waals surface area contributed by atoms with Gasteiger partial charge in [-0.25, -0.2) is 0 Å². The summed E-state index contributed by atoms with van der Waals surface area (Å²) in [6.45, 7) is 9.59. The maximum atomic E-state index is 12.4. The summed E-state index contributed by atoms with van der Waals surface area (Å²) >= 11 is 1.36. The van der Waals surface area contributed by atoms with E-state index >= 15 is 0 Å². The maximum absolute atomic E-state index is 12.4. The molecule has 170 valence electrons. The fraction of sp³-hybridized carbons (Fsp3) is 0.375. The van der Waals surface area contributed by atoms with Gasteiger partial charge in [0, 0.05) is 12.2 Å². The molecule has 0 aliphatic carbocycles. The average molecular weight is 455 g/mol. The average Bonchev–Trinajstić information content (AvgIpc) is 3.19. The maximum Gasteiger partial charge on any atom is 0.234 e. The molecular weight excluding hydrogens is 424 g/mol. The van der Waals surface area contributed by atoms with Crippen LogP contribution in [0.2, 0.25) is 0 Å². The minimum atomic E-state index is -0.0799. The topological polar surface area (TPSA) is 78.3 Å². The van der Waals surface area contributed by atoms with Gasteiger partial charge in [-0.1, -0.05) is 36.9 Å². The van der Waals surface area contributed by atoms with Crippen molar-refractivity contribution in [2.75, 3.05) is 17.7 Å². The molecule has 1 aromatic heterocycles. The summed E-state index contributed by atoms with van der Waals surface area (Å²) in [5.74, 6) is 2.26. The van der Waals surface area contributed by atoms with E-state index in [-0.39, 0.29) is 18.3 Å². The number of nitrogens with one attached hydrogen (secondary N) is 1. The summed E-state index contributed by atoms with van der Waals surface area (Å²) in [6, 6.07) is 13.7. The van der Waals surface area contributed by atoms with Crippen LogP contribution in [-0.4, -0.2) is 33.0 Å². The van der Waals surface area contributed by atoms with Gasteiger partial charge in [-0.2, -0.15) is 0 Å². The number of amides is 1. The van der Waals surface area contributed by atoms with Crippen molar-refractivity contribution in [1.82, 2.24) is 14.8 Å². The van der Waals surface area contributed by atoms with E-state index < -0.39 is 0 Å². The number of nitrogens with zero attached hydrogens (tertiary/aromatic N) is 3. The van der Waals surface area contributed by atoms with Gasteiger partial charge in [0.25, 0.3) is 0 Å². The molecule has 2 aromatic carbocycles. The smallest absolute Gasteiger partial charge is 0.234 e. The summed E-state index contributed by atoms with van der Waals surface area (Å²) in [4.78, 5) is 12.4. The Balaban J connectivity index is 1.59. The standard InChI is InChI=1S/C24H30N4O3S/c1-5-18-9-11-19(12-10-18)25-23(29)16-32-24-27-26-22(28(24)6-2)15-31-20-13-8-17(4)14-21(20)30-7-3/h8-14H,5-7,15-16H2,1-4H3,(H,25,29). The molecule has 0 aliphatic rings. The molecule has 3 aromatic rings. The van der Waals surface area contributed by atoms with E-state index in [9.17, 15) is 4.79 Å². The number of benzene rings is 2. The second-order valence-corrected chi connectivity index (χ2v) is 8.14. The zero-order valence-corrected chi connectivity index (χ0v) is 19.9.